The van der Waals surface area contributed by atoms with Gasteiger partial charge in [-0.15, -0.1) is 12.6 Å². The zero-order valence-electron chi connectivity index (χ0n) is 44.9. The van der Waals surface area contributed by atoms with Gasteiger partial charge in [-0.05, 0) is 83.6 Å². The molecule has 74 heavy (non-hydrogen) atoms. The van der Waals surface area contributed by atoms with E-state index >= 15 is 4.79 Å². The predicted molar refractivity (Wildman–Crippen MR) is 288 cm³/mol. The largest absolute Gasteiger partial charge is 0.393 e. The molecule has 412 valence electrons. The molecule has 8 unspecified atom stereocenters. The molecule has 0 spiro atoms. The second kappa shape index (κ2) is 29.0. The Morgan fingerprint density at radius 3 is 2.26 bits per heavy atom. The van der Waals surface area contributed by atoms with Crippen molar-refractivity contribution in [3.63, 3.8) is 0 Å². The number of aldehydes is 1. The van der Waals surface area contributed by atoms with Crippen molar-refractivity contribution in [3.05, 3.63) is 41.6 Å². The first-order valence-electron chi connectivity index (χ1n) is 26.6. The summed E-state index contributed by atoms with van der Waals surface area (Å²) in [6, 6.07) is -0.784. The van der Waals surface area contributed by atoms with Crippen molar-refractivity contribution >= 4 is 71.2 Å². The number of aliphatic hydroxyl groups excluding tert-OH is 1. The average molecular weight is 1050 g/mol. The fourth-order valence-electron chi connectivity index (χ4n) is 10.2. The van der Waals surface area contributed by atoms with Gasteiger partial charge in [0.25, 0.3) is 0 Å². The molecule has 3 heterocycles. The van der Waals surface area contributed by atoms with Gasteiger partial charge in [-0.3, -0.25) is 33.6 Å². The molecule has 1 aromatic heterocycles. The van der Waals surface area contributed by atoms with Gasteiger partial charge >= 0.3 is 0 Å². The van der Waals surface area contributed by atoms with Gasteiger partial charge in [0.15, 0.2) is 0 Å². The zero-order chi connectivity index (χ0) is 54.9. The van der Waals surface area contributed by atoms with Crippen LogP contribution in [0.4, 0.5) is 0 Å². The van der Waals surface area contributed by atoms with E-state index in [0.29, 0.717) is 42.1 Å². The van der Waals surface area contributed by atoms with Crippen molar-refractivity contribution in [2.45, 2.75) is 178 Å². The number of aromatic nitrogens is 1. The second-order valence-corrected chi connectivity index (χ2v) is 20.6. The van der Waals surface area contributed by atoms with Crippen LogP contribution < -0.4 is 48.3 Å². The highest BCUT2D eigenvalue weighted by molar-refractivity contribution is 7.80. The fourth-order valence-corrected chi connectivity index (χ4v) is 10.7. The third kappa shape index (κ3) is 15.1. The number of primary amides is 1. The first-order chi connectivity index (χ1) is 35.2. The summed E-state index contributed by atoms with van der Waals surface area (Å²) in [7, 11) is 3.44. The van der Waals surface area contributed by atoms with Gasteiger partial charge < -0.3 is 67.6 Å². The number of unbranched alkanes of at least 4 members (excludes halogenated alkanes) is 5. The average Bonchev–Trinajstić information content (AvgIpc) is 3.99. The number of aryl methyl sites for hydroxylation is 1. The van der Waals surface area contributed by atoms with Crippen LogP contribution in [-0.2, 0) is 50.3 Å². The van der Waals surface area contributed by atoms with Crippen molar-refractivity contribution in [3.8, 4) is 0 Å². The summed E-state index contributed by atoms with van der Waals surface area (Å²) in [6.07, 6.45) is 7.25. The van der Waals surface area contributed by atoms with Crippen LogP contribution in [0.3, 0.4) is 0 Å². The number of hydrogen-bond acceptors (Lipinski definition) is 13. The molecule has 10 atom stereocenters. The number of fused-ring (bicyclic) bond motifs is 5. The van der Waals surface area contributed by atoms with E-state index in [1.807, 2.05) is 43.7 Å². The van der Waals surface area contributed by atoms with E-state index in [1.165, 1.54) is 11.9 Å². The van der Waals surface area contributed by atoms with Crippen molar-refractivity contribution < 1.29 is 43.5 Å². The topological polar surface area (TPSA) is 287 Å². The molecule has 2 bridgehead atoms. The maximum Gasteiger partial charge on any atom is 0.243 e. The standard InChI is InChI=1S/C53H85N11O9S/c1-10-31(4)45-49(71)58-29-42(68)59-34(7)53(30-65,23-17-15-13-14-16-18-24-55-8)64-39-26-35(11-2)21-22-36(39)44(52(64)74)47(33(6)57-28-43(69)60-45)62-50(72)46(32(5)40(66)12-3)61-48(70)38-20-19-25-63(38)51(73)37(56-9)27-41(54)67/h21-22,26,30-32,34,37-38,40,45-47,55-57,66,74H,6,10-20,23-25,27-29H2,1-5,7-9H3,(H2,54,67)(H,58,71)(H,59,68)(H,60,69)(H,61,70)(H,62,72)/t31?,32-,34-,37?,38?,40?,45?,46?,47?,53?/m0/s1. The quantitative estimate of drug-likeness (QED) is 0.0410. The van der Waals surface area contributed by atoms with Crippen molar-refractivity contribution in [2.75, 3.05) is 40.3 Å². The highest BCUT2D eigenvalue weighted by Gasteiger charge is 2.45. The number of thiol groups is 1. The molecule has 2 aromatic rings. The lowest BCUT2D eigenvalue weighted by Gasteiger charge is -2.38. The molecule has 0 radical (unpaired) electrons. The Hall–Kier alpha value is -5.51. The monoisotopic (exact) mass is 1050 g/mol. The number of nitrogens with two attached hydrogens (primary N) is 1. The van der Waals surface area contributed by atoms with Gasteiger partial charge in [0, 0.05) is 29.1 Å². The summed E-state index contributed by atoms with van der Waals surface area (Å²) in [6.45, 7) is 15.4. The van der Waals surface area contributed by atoms with Gasteiger partial charge in [-0.1, -0.05) is 91.9 Å². The summed E-state index contributed by atoms with van der Waals surface area (Å²) in [5.41, 5.74) is 5.95. The number of amides is 7. The molecule has 7 amide bonds. The summed E-state index contributed by atoms with van der Waals surface area (Å²) >= 11 is 5.24. The van der Waals surface area contributed by atoms with E-state index in [1.54, 1.807) is 27.7 Å². The lowest BCUT2D eigenvalue weighted by Crippen LogP contribution is -2.58. The lowest BCUT2D eigenvalue weighted by atomic mass is 9.85. The van der Waals surface area contributed by atoms with Gasteiger partial charge in [-0.2, -0.15) is 0 Å². The molecule has 21 heteroatoms. The van der Waals surface area contributed by atoms with Gasteiger partial charge in [0.05, 0.1) is 54.3 Å². The molecule has 1 aromatic carbocycles. The number of hydrogen-bond donors (Lipinski definition) is 11. The van der Waals surface area contributed by atoms with Crippen LogP contribution in [0.25, 0.3) is 10.9 Å². The number of rotatable bonds is 24. The number of nitrogens with zero attached hydrogens (tertiary/aromatic N) is 2. The van der Waals surface area contributed by atoms with Crippen molar-refractivity contribution in [2.24, 2.45) is 17.6 Å². The molecule has 0 saturated carbocycles. The minimum Gasteiger partial charge on any atom is -0.393 e. The van der Waals surface area contributed by atoms with Crippen LogP contribution in [-0.4, -0.2) is 139 Å². The van der Waals surface area contributed by atoms with E-state index in [-0.39, 0.29) is 48.9 Å². The van der Waals surface area contributed by atoms with E-state index in [9.17, 15) is 38.7 Å². The molecule has 1 fully saturated rings. The summed E-state index contributed by atoms with van der Waals surface area (Å²) in [4.78, 5) is 112. The first-order valence-corrected chi connectivity index (χ1v) is 27.0. The summed E-state index contributed by atoms with van der Waals surface area (Å²) < 4.78 is 1.81. The predicted octanol–water partition coefficient (Wildman–Crippen LogP) is 2.11. The minimum atomic E-state index is -1.48. The Kier molecular flexibility index (Phi) is 23.9. The van der Waals surface area contributed by atoms with Crippen molar-refractivity contribution in [1.82, 2.24) is 52.0 Å². The first kappa shape index (κ1) is 61.0. The van der Waals surface area contributed by atoms with Crippen LogP contribution in [0.2, 0.25) is 0 Å². The molecule has 4 rings (SSSR count). The minimum absolute atomic E-state index is 0.112. The molecule has 20 nitrogen and oxygen atoms in total. The van der Waals surface area contributed by atoms with Gasteiger partial charge in [0.1, 0.15) is 30.0 Å². The SMILES string of the molecule is C=C1NCC(=O)NC(C(C)CC)C(=O)NCC(=O)N[C@@H](C)C(C=O)(CCCCCCCCNC)n2c(S)c(c3ccc(CC)cc32)C1NC(=O)C(NC(=O)C1CCCN1C(=O)C(CC(N)=O)NC)[C@@H](C)C(O)CC. The van der Waals surface area contributed by atoms with E-state index in [2.05, 4.69) is 49.1 Å². The molecular formula is C53H85N11O9S. The Balaban J connectivity index is 1.94. The Bertz CT molecular complexity index is 2310. The summed E-state index contributed by atoms with van der Waals surface area (Å²) in [5.74, 6) is -5.53. The zero-order valence-corrected chi connectivity index (χ0v) is 45.8. The molecule has 0 aliphatic carbocycles. The molecule has 2 aliphatic heterocycles. The maximum absolute atomic E-state index is 15.2. The van der Waals surface area contributed by atoms with E-state index in [4.69, 9.17) is 18.4 Å². The van der Waals surface area contributed by atoms with Crippen LogP contribution in [0.15, 0.2) is 35.5 Å². The normalized spacial score (nSPS) is 23.0. The van der Waals surface area contributed by atoms with Crippen LogP contribution in [0.5, 0.6) is 0 Å². The van der Waals surface area contributed by atoms with Gasteiger partial charge in [0.2, 0.25) is 41.4 Å². The number of nitrogens with one attached hydrogen (secondary N) is 8. The maximum atomic E-state index is 15.2. The molecule has 2 aliphatic rings. The third-order valence-corrected chi connectivity index (χ3v) is 15.6. The fraction of sp³-hybridized carbons (Fsp3) is 0.660. The van der Waals surface area contributed by atoms with Crippen molar-refractivity contribution in [1.29, 1.82) is 0 Å². The van der Waals surface area contributed by atoms with Gasteiger partial charge in [-0.25, -0.2) is 0 Å². The number of likely N-dealkylation sites (N-methyl/N-ethyl adjacent to an activating group) is 1. The number of carbonyl (C=O) groups excluding carboxylic acids is 8. The van der Waals surface area contributed by atoms with Crippen LogP contribution in [0.1, 0.15) is 136 Å². The Morgan fingerprint density at radius 2 is 1.64 bits per heavy atom. The van der Waals surface area contributed by atoms with E-state index < -0.39 is 108 Å². The number of likely N-dealkylation sites (tertiary alicyclic amines) is 1. The lowest BCUT2D eigenvalue weighted by molar-refractivity contribution is -0.142. The number of aliphatic hydroxyl groups is 1. The molecule has 1 saturated heterocycles. The molecule has 11 N–H and O–H groups in total. The molecular weight excluding hydrogens is 967 g/mol. The number of benzene rings is 1. The van der Waals surface area contributed by atoms with E-state index in [0.717, 1.165) is 50.5 Å². The van der Waals surface area contributed by atoms with Crippen LogP contribution >= 0.6 is 12.6 Å². The number of carbonyl (C=O) groups is 8. The second-order valence-electron chi connectivity index (χ2n) is 20.1. The highest BCUT2D eigenvalue weighted by atomic mass is 32.1. The smallest absolute Gasteiger partial charge is 0.243 e. The summed E-state index contributed by atoms with van der Waals surface area (Å²) in [5, 5.41) is 35.7. The third-order valence-electron chi connectivity index (χ3n) is 15.1. The Morgan fingerprint density at radius 1 is 0.973 bits per heavy atom. The Labute approximate surface area is 442 Å². The highest BCUT2D eigenvalue weighted by Crippen LogP contribution is 2.42. The van der Waals surface area contributed by atoms with Crippen LogP contribution in [0, 0.1) is 11.8 Å².